The molecule has 0 fully saturated rings. The molecule has 0 spiro atoms. The van der Waals surface area contributed by atoms with Crippen LogP contribution in [0.15, 0.2) is 30.3 Å². The summed E-state index contributed by atoms with van der Waals surface area (Å²) in [6.07, 6.45) is 0. The van der Waals surface area contributed by atoms with Gasteiger partial charge >= 0.3 is 0 Å². The van der Waals surface area contributed by atoms with Gasteiger partial charge in [0.05, 0.1) is 4.87 Å². The summed E-state index contributed by atoms with van der Waals surface area (Å²) < 4.78 is 0. The number of rotatable bonds is 2. The molecule has 0 aliphatic carbocycles. The van der Waals surface area contributed by atoms with Crippen LogP contribution in [0.3, 0.4) is 0 Å². The molecule has 0 aromatic heterocycles. The summed E-state index contributed by atoms with van der Waals surface area (Å²) >= 11 is 6.09. The second-order valence-corrected chi connectivity index (χ2v) is 4.43. The van der Waals surface area contributed by atoms with Crippen molar-refractivity contribution in [1.82, 2.24) is 0 Å². The molecule has 1 nitrogen and oxygen atoms in total. The van der Waals surface area contributed by atoms with E-state index in [2.05, 4.69) is 0 Å². The fourth-order valence-electron chi connectivity index (χ4n) is 1.06. The first-order valence-corrected chi connectivity index (χ1v) is 4.39. The van der Waals surface area contributed by atoms with Crippen LogP contribution in [0, 0.1) is 0 Å². The van der Waals surface area contributed by atoms with E-state index >= 15 is 0 Å². The number of nitrogens with two attached hydrogens (primary N) is 1. The molecule has 1 rings (SSSR count). The first-order valence-electron chi connectivity index (χ1n) is 4.01. The first-order chi connectivity index (χ1) is 5.52. The van der Waals surface area contributed by atoms with Crippen LogP contribution < -0.4 is 5.73 Å². The highest BCUT2D eigenvalue weighted by molar-refractivity contribution is 6.23. The number of hydrogen-bond acceptors (Lipinski definition) is 1. The monoisotopic (exact) mass is 183 g/mol. The number of halogens is 1. The number of benzene rings is 1. The Morgan fingerprint density at radius 3 is 2.17 bits per heavy atom. The fraction of sp³-hybridized carbons (Fsp3) is 0.400. The third-order valence-corrected chi connectivity index (χ3v) is 2.13. The van der Waals surface area contributed by atoms with Gasteiger partial charge in [-0.2, -0.15) is 0 Å². The average molecular weight is 184 g/mol. The Morgan fingerprint density at radius 2 is 1.75 bits per heavy atom. The van der Waals surface area contributed by atoms with Gasteiger partial charge in [0.1, 0.15) is 0 Å². The maximum Gasteiger partial charge on any atom is 0.0582 e. The first kappa shape index (κ1) is 9.56. The van der Waals surface area contributed by atoms with E-state index < -0.39 is 0 Å². The summed E-state index contributed by atoms with van der Waals surface area (Å²) in [4.78, 5) is -0.388. The molecule has 0 radical (unpaired) electrons. The molecule has 0 aliphatic heterocycles. The van der Waals surface area contributed by atoms with Crippen molar-refractivity contribution in [1.29, 1.82) is 0 Å². The maximum absolute atomic E-state index is 6.09. The van der Waals surface area contributed by atoms with Crippen LogP contribution in [-0.2, 0) is 0 Å². The van der Waals surface area contributed by atoms with Crippen molar-refractivity contribution < 1.29 is 0 Å². The summed E-state index contributed by atoms with van der Waals surface area (Å²) in [5, 5.41) is 0. The van der Waals surface area contributed by atoms with E-state index in [0.717, 1.165) is 5.56 Å². The van der Waals surface area contributed by atoms with Crippen molar-refractivity contribution in [2.24, 2.45) is 5.73 Å². The van der Waals surface area contributed by atoms with E-state index in [1.165, 1.54) is 0 Å². The zero-order valence-corrected chi connectivity index (χ0v) is 8.18. The maximum atomic E-state index is 6.09. The van der Waals surface area contributed by atoms with Crippen molar-refractivity contribution in [3.05, 3.63) is 35.9 Å². The topological polar surface area (TPSA) is 26.0 Å². The Labute approximate surface area is 78.5 Å². The van der Waals surface area contributed by atoms with Crippen LogP contribution >= 0.6 is 11.6 Å². The summed E-state index contributed by atoms with van der Waals surface area (Å²) in [5.41, 5.74) is 7.02. The zero-order chi connectivity index (χ0) is 9.19. The normalized spacial score (nSPS) is 14.3. The van der Waals surface area contributed by atoms with Gasteiger partial charge in [-0.25, -0.2) is 0 Å². The molecular weight excluding hydrogens is 170 g/mol. The molecule has 0 saturated carbocycles. The van der Waals surface area contributed by atoms with E-state index in [4.69, 9.17) is 17.3 Å². The quantitative estimate of drug-likeness (QED) is 0.702. The molecule has 66 valence electrons. The molecular formula is C10H14ClN. The summed E-state index contributed by atoms with van der Waals surface area (Å²) in [5.74, 6) is 0. The second-order valence-electron chi connectivity index (χ2n) is 3.45. The predicted octanol–water partition coefficient (Wildman–Crippen LogP) is 2.70. The zero-order valence-electron chi connectivity index (χ0n) is 7.42. The lowest BCUT2D eigenvalue weighted by Crippen LogP contribution is -2.29. The Hall–Kier alpha value is -0.530. The van der Waals surface area contributed by atoms with Gasteiger partial charge in [-0.15, -0.1) is 11.6 Å². The van der Waals surface area contributed by atoms with Crippen molar-refractivity contribution in [2.75, 3.05) is 0 Å². The van der Waals surface area contributed by atoms with Crippen LogP contribution in [0.25, 0.3) is 0 Å². The number of hydrogen-bond donors (Lipinski definition) is 1. The van der Waals surface area contributed by atoms with E-state index in [-0.39, 0.29) is 10.9 Å². The molecule has 12 heavy (non-hydrogen) atoms. The van der Waals surface area contributed by atoms with E-state index in [1.54, 1.807) is 0 Å². The van der Waals surface area contributed by atoms with Crippen LogP contribution in [0.4, 0.5) is 0 Å². The van der Waals surface area contributed by atoms with Crippen LogP contribution in [0.2, 0.25) is 0 Å². The highest BCUT2D eigenvalue weighted by atomic mass is 35.5. The van der Waals surface area contributed by atoms with Gasteiger partial charge in [0.25, 0.3) is 0 Å². The molecule has 0 heterocycles. The molecule has 0 aliphatic rings. The Bertz CT molecular complexity index is 238. The summed E-state index contributed by atoms with van der Waals surface area (Å²) in [6, 6.07) is 9.79. The SMILES string of the molecule is CC(C)(Cl)C(N)c1ccccc1. The molecule has 1 atom stereocenters. The van der Waals surface area contributed by atoms with E-state index in [9.17, 15) is 0 Å². The highest BCUT2D eigenvalue weighted by Gasteiger charge is 2.24. The van der Waals surface area contributed by atoms with Crippen molar-refractivity contribution in [3.8, 4) is 0 Å². The largest absolute Gasteiger partial charge is 0.323 e. The average Bonchev–Trinajstić information content (AvgIpc) is 2.03. The van der Waals surface area contributed by atoms with E-state index in [1.807, 2.05) is 44.2 Å². The lowest BCUT2D eigenvalue weighted by atomic mass is 9.96. The van der Waals surface area contributed by atoms with Gasteiger partial charge in [0, 0.05) is 6.04 Å². The lowest BCUT2D eigenvalue weighted by molar-refractivity contribution is 0.552. The minimum absolute atomic E-state index is 0.111. The summed E-state index contributed by atoms with van der Waals surface area (Å²) in [6.45, 7) is 3.85. The van der Waals surface area contributed by atoms with E-state index in [0.29, 0.717) is 0 Å². The van der Waals surface area contributed by atoms with Crippen LogP contribution in [0.1, 0.15) is 25.5 Å². The lowest BCUT2D eigenvalue weighted by Gasteiger charge is -2.24. The third-order valence-electron chi connectivity index (χ3n) is 1.90. The van der Waals surface area contributed by atoms with Crippen molar-refractivity contribution in [2.45, 2.75) is 24.8 Å². The van der Waals surface area contributed by atoms with Crippen LogP contribution in [-0.4, -0.2) is 4.87 Å². The van der Waals surface area contributed by atoms with Gasteiger partial charge in [0.2, 0.25) is 0 Å². The standard InChI is InChI=1S/C10H14ClN/c1-10(2,11)9(12)8-6-4-3-5-7-8/h3-7,9H,12H2,1-2H3. The molecule has 1 aromatic carbocycles. The van der Waals surface area contributed by atoms with Gasteiger partial charge in [0.15, 0.2) is 0 Å². The Kier molecular flexibility index (Phi) is 2.76. The Balaban J connectivity index is 2.86. The number of alkyl halides is 1. The van der Waals surface area contributed by atoms with Gasteiger partial charge in [-0.05, 0) is 19.4 Å². The molecule has 1 unspecified atom stereocenters. The van der Waals surface area contributed by atoms with Crippen molar-refractivity contribution in [3.63, 3.8) is 0 Å². The minimum atomic E-state index is -0.388. The molecule has 0 saturated heterocycles. The van der Waals surface area contributed by atoms with Crippen LogP contribution in [0.5, 0.6) is 0 Å². The molecule has 2 N–H and O–H groups in total. The second kappa shape index (κ2) is 3.46. The third kappa shape index (κ3) is 2.23. The Morgan fingerprint density at radius 1 is 1.25 bits per heavy atom. The van der Waals surface area contributed by atoms with Gasteiger partial charge in [-0.1, -0.05) is 30.3 Å². The minimum Gasteiger partial charge on any atom is -0.323 e. The predicted molar refractivity (Wildman–Crippen MR) is 53.3 cm³/mol. The molecule has 0 bridgehead atoms. The van der Waals surface area contributed by atoms with Crippen molar-refractivity contribution >= 4 is 11.6 Å². The molecule has 0 amide bonds. The molecule has 2 heteroatoms. The smallest absolute Gasteiger partial charge is 0.0582 e. The van der Waals surface area contributed by atoms with Gasteiger partial charge < -0.3 is 5.73 Å². The van der Waals surface area contributed by atoms with Gasteiger partial charge in [-0.3, -0.25) is 0 Å². The molecule has 1 aromatic rings. The highest BCUT2D eigenvalue weighted by Crippen LogP contribution is 2.28. The fourth-order valence-corrected chi connectivity index (χ4v) is 1.18. The summed E-state index contributed by atoms with van der Waals surface area (Å²) in [7, 11) is 0.